The van der Waals surface area contributed by atoms with Crippen molar-refractivity contribution in [3.05, 3.63) is 59.9 Å². The first-order valence-electron chi connectivity index (χ1n) is 10.7. The van der Waals surface area contributed by atoms with Gasteiger partial charge in [0.1, 0.15) is 17.2 Å². The minimum absolute atomic E-state index is 0.0446. The Morgan fingerprint density at radius 2 is 1.68 bits per heavy atom. The van der Waals surface area contributed by atoms with Gasteiger partial charge in [0.15, 0.2) is 11.8 Å². The first-order valence-corrected chi connectivity index (χ1v) is 10.7. The summed E-state index contributed by atoms with van der Waals surface area (Å²) in [4.78, 5) is 28.2. The molecule has 0 bridgehead atoms. The fraction of sp³-hybridized carbons (Fsp3) is 0.440. The van der Waals surface area contributed by atoms with Gasteiger partial charge >= 0.3 is 5.97 Å². The Kier molecular flexibility index (Phi) is 6.68. The number of hydrogen-bond donors (Lipinski definition) is 1. The van der Waals surface area contributed by atoms with Crippen LogP contribution in [0.3, 0.4) is 0 Å². The fourth-order valence-electron chi connectivity index (χ4n) is 4.21. The van der Waals surface area contributed by atoms with E-state index in [1.165, 1.54) is 12.1 Å². The second-order valence-electron chi connectivity index (χ2n) is 8.83. The van der Waals surface area contributed by atoms with E-state index >= 15 is 0 Å². The molecule has 1 fully saturated rings. The molecule has 0 saturated carbocycles. The molecular weight excluding hydrogens is 397 g/mol. The van der Waals surface area contributed by atoms with Crippen molar-refractivity contribution >= 4 is 17.4 Å². The molecule has 1 N–H and O–H groups in total. The third-order valence-electron chi connectivity index (χ3n) is 6.09. The smallest absolute Gasteiger partial charge is 0.337 e. The molecule has 1 aliphatic rings. The van der Waals surface area contributed by atoms with Crippen molar-refractivity contribution in [3.63, 3.8) is 0 Å². The molecule has 2 atom stereocenters. The molecule has 0 spiro atoms. The van der Waals surface area contributed by atoms with Crippen molar-refractivity contribution in [1.82, 2.24) is 0 Å². The molecular formula is C25H30FNO4. The summed E-state index contributed by atoms with van der Waals surface area (Å²) in [7, 11) is 0. The molecule has 1 heterocycles. The SMILES string of the molecule is CC(C)N(c1ccc(F)cc1)C1C(=O)C[C@@](CCc2ccc(O)cc2)(C(C)C)OC1=O. The molecule has 2 aromatic carbocycles. The number of phenols is 1. The van der Waals surface area contributed by atoms with Crippen LogP contribution >= 0.6 is 0 Å². The maximum absolute atomic E-state index is 13.4. The normalized spacial score (nSPS) is 21.5. The van der Waals surface area contributed by atoms with Gasteiger partial charge < -0.3 is 14.7 Å². The minimum atomic E-state index is -1.05. The summed E-state index contributed by atoms with van der Waals surface area (Å²) in [5.74, 6) is -0.976. The zero-order valence-electron chi connectivity index (χ0n) is 18.5. The second-order valence-corrected chi connectivity index (χ2v) is 8.83. The Morgan fingerprint density at radius 3 is 2.19 bits per heavy atom. The van der Waals surface area contributed by atoms with E-state index < -0.39 is 17.6 Å². The van der Waals surface area contributed by atoms with E-state index in [0.717, 1.165) is 5.56 Å². The number of Topliss-reactive ketones (excluding diaryl/α,β-unsaturated/α-hetero) is 1. The monoisotopic (exact) mass is 427 g/mol. The number of aryl methyl sites for hydroxylation is 1. The van der Waals surface area contributed by atoms with E-state index in [9.17, 15) is 19.1 Å². The molecule has 1 aliphatic heterocycles. The van der Waals surface area contributed by atoms with Crippen LogP contribution in [0.1, 0.15) is 46.1 Å². The number of anilines is 1. The lowest BCUT2D eigenvalue weighted by molar-refractivity contribution is -0.179. The molecule has 6 heteroatoms. The fourth-order valence-corrected chi connectivity index (χ4v) is 4.21. The molecule has 0 radical (unpaired) electrons. The highest BCUT2D eigenvalue weighted by molar-refractivity contribution is 6.08. The van der Waals surface area contributed by atoms with Crippen LogP contribution in [0.4, 0.5) is 10.1 Å². The van der Waals surface area contributed by atoms with Crippen molar-refractivity contribution < 1.29 is 23.8 Å². The summed E-state index contributed by atoms with van der Waals surface area (Å²) in [6.45, 7) is 7.69. The zero-order chi connectivity index (χ0) is 22.8. The number of ether oxygens (including phenoxy) is 1. The summed E-state index contributed by atoms with van der Waals surface area (Å²) in [6.07, 6.45) is 1.26. The molecule has 0 amide bonds. The molecule has 1 unspecified atom stereocenters. The maximum Gasteiger partial charge on any atom is 0.337 e. The largest absolute Gasteiger partial charge is 0.508 e. The van der Waals surface area contributed by atoms with Crippen LogP contribution in [0, 0.1) is 11.7 Å². The first kappa shape index (κ1) is 22.8. The Morgan fingerprint density at radius 1 is 1.06 bits per heavy atom. The van der Waals surface area contributed by atoms with Crippen LogP contribution in [0.2, 0.25) is 0 Å². The van der Waals surface area contributed by atoms with Crippen molar-refractivity contribution in [1.29, 1.82) is 0 Å². The van der Waals surface area contributed by atoms with Gasteiger partial charge in [0.2, 0.25) is 0 Å². The van der Waals surface area contributed by atoms with E-state index in [0.29, 0.717) is 18.5 Å². The lowest BCUT2D eigenvalue weighted by Gasteiger charge is -2.45. The Balaban J connectivity index is 1.84. The average molecular weight is 428 g/mol. The highest BCUT2D eigenvalue weighted by atomic mass is 19.1. The number of carbonyl (C=O) groups is 2. The van der Waals surface area contributed by atoms with Gasteiger partial charge in [-0.15, -0.1) is 0 Å². The van der Waals surface area contributed by atoms with Gasteiger partial charge in [-0.25, -0.2) is 9.18 Å². The predicted octanol–water partition coefficient (Wildman–Crippen LogP) is 4.66. The van der Waals surface area contributed by atoms with Crippen molar-refractivity contribution in [2.75, 3.05) is 4.90 Å². The summed E-state index contributed by atoms with van der Waals surface area (Å²) in [6, 6.07) is 11.5. The van der Waals surface area contributed by atoms with Crippen LogP contribution in [0.15, 0.2) is 48.5 Å². The van der Waals surface area contributed by atoms with Crippen LogP contribution in [0.5, 0.6) is 5.75 Å². The summed E-state index contributed by atoms with van der Waals surface area (Å²) < 4.78 is 19.4. The molecule has 166 valence electrons. The van der Waals surface area contributed by atoms with Gasteiger partial charge in [0.25, 0.3) is 0 Å². The van der Waals surface area contributed by atoms with E-state index in [2.05, 4.69) is 0 Å². The lowest BCUT2D eigenvalue weighted by atomic mass is 9.77. The van der Waals surface area contributed by atoms with Crippen molar-refractivity contribution in [2.24, 2.45) is 5.92 Å². The summed E-state index contributed by atoms with van der Waals surface area (Å²) in [5.41, 5.74) is 0.722. The number of hydrogen-bond acceptors (Lipinski definition) is 5. The summed E-state index contributed by atoms with van der Waals surface area (Å²) in [5, 5.41) is 9.48. The molecule has 0 aliphatic carbocycles. The molecule has 5 nitrogen and oxygen atoms in total. The number of ketones is 1. The van der Waals surface area contributed by atoms with Gasteiger partial charge in [-0.3, -0.25) is 4.79 Å². The van der Waals surface area contributed by atoms with Gasteiger partial charge in [-0.2, -0.15) is 0 Å². The third-order valence-corrected chi connectivity index (χ3v) is 6.09. The van der Waals surface area contributed by atoms with E-state index in [4.69, 9.17) is 4.74 Å². The van der Waals surface area contributed by atoms with Gasteiger partial charge in [0, 0.05) is 18.2 Å². The Labute approximate surface area is 182 Å². The average Bonchev–Trinajstić information content (AvgIpc) is 2.71. The van der Waals surface area contributed by atoms with E-state index in [-0.39, 0.29) is 35.7 Å². The number of phenolic OH excluding ortho intramolecular Hbond substituents is 1. The molecule has 2 aromatic rings. The molecule has 3 rings (SSSR count). The number of cyclic esters (lactones) is 1. The highest BCUT2D eigenvalue weighted by Gasteiger charge is 2.50. The van der Waals surface area contributed by atoms with Crippen molar-refractivity contribution in [2.45, 2.75) is 64.6 Å². The number of nitrogens with zero attached hydrogens (tertiary/aromatic N) is 1. The number of esters is 1. The van der Waals surface area contributed by atoms with E-state index in [1.54, 1.807) is 29.2 Å². The van der Waals surface area contributed by atoms with Crippen LogP contribution in [-0.2, 0) is 20.7 Å². The number of halogens is 1. The lowest BCUT2D eigenvalue weighted by Crippen LogP contribution is -2.60. The number of rotatable bonds is 7. The third kappa shape index (κ3) is 4.89. The predicted molar refractivity (Wildman–Crippen MR) is 118 cm³/mol. The van der Waals surface area contributed by atoms with Crippen molar-refractivity contribution in [3.8, 4) is 5.75 Å². The van der Waals surface area contributed by atoms with Gasteiger partial charge in [-0.05, 0) is 74.6 Å². The molecule has 0 aromatic heterocycles. The maximum atomic E-state index is 13.4. The Hall–Kier alpha value is -2.89. The number of benzene rings is 2. The summed E-state index contributed by atoms with van der Waals surface area (Å²) >= 11 is 0. The van der Waals surface area contributed by atoms with Crippen LogP contribution in [0.25, 0.3) is 0 Å². The molecule has 1 saturated heterocycles. The standard InChI is InChI=1S/C25H30FNO4/c1-16(2)25(14-13-18-5-11-21(28)12-6-18)15-22(29)23(24(30)31-25)27(17(3)4)20-9-7-19(26)8-10-20/h5-12,16-17,23,28H,13-15H2,1-4H3/t23?,25-/m0/s1. The number of carbonyl (C=O) groups excluding carboxylic acids is 2. The topological polar surface area (TPSA) is 66.8 Å². The quantitative estimate of drug-likeness (QED) is 0.514. The first-order chi connectivity index (χ1) is 14.6. The van der Waals surface area contributed by atoms with Gasteiger partial charge in [-0.1, -0.05) is 26.0 Å². The number of aromatic hydroxyl groups is 1. The van der Waals surface area contributed by atoms with Crippen LogP contribution in [-0.4, -0.2) is 34.5 Å². The Bertz CT molecular complexity index is 904. The van der Waals surface area contributed by atoms with E-state index in [1.807, 2.05) is 39.8 Å². The molecule has 31 heavy (non-hydrogen) atoms. The van der Waals surface area contributed by atoms with Crippen LogP contribution < -0.4 is 4.90 Å². The van der Waals surface area contributed by atoms with Gasteiger partial charge in [0.05, 0.1) is 0 Å². The zero-order valence-corrected chi connectivity index (χ0v) is 18.5. The second kappa shape index (κ2) is 9.08. The highest BCUT2D eigenvalue weighted by Crippen LogP contribution is 2.38. The minimum Gasteiger partial charge on any atom is -0.508 e.